The second-order valence-electron chi connectivity index (χ2n) is 5.50. The van der Waals surface area contributed by atoms with E-state index in [-0.39, 0.29) is 35.0 Å². The summed E-state index contributed by atoms with van der Waals surface area (Å²) < 4.78 is 10.2. The minimum atomic E-state index is -0.804. The molecule has 0 radical (unpaired) electrons. The van der Waals surface area contributed by atoms with Crippen LogP contribution in [0, 0.1) is 10.1 Å². The maximum Gasteiger partial charge on any atom is 0.415 e. The second-order valence-corrected chi connectivity index (χ2v) is 5.50. The lowest BCUT2D eigenvalue weighted by Crippen LogP contribution is -2.35. The molecular weight excluding hydrogens is 330 g/mol. The van der Waals surface area contributed by atoms with Crippen molar-refractivity contribution in [1.82, 2.24) is 9.88 Å². The number of aromatic nitrogens is 1. The van der Waals surface area contributed by atoms with Gasteiger partial charge in [0.15, 0.2) is 5.75 Å². The van der Waals surface area contributed by atoms with Crippen LogP contribution < -0.4 is 4.74 Å². The molecule has 1 aromatic heterocycles. The van der Waals surface area contributed by atoms with Crippen LogP contribution in [-0.4, -0.2) is 46.6 Å². The number of rotatable bonds is 5. The predicted molar refractivity (Wildman–Crippen MR) is 88.3 cm³/mol. The fourth-order valence-corrected chi connectivity index (χ4v) is 2.10. The van der Waals surface area contributed by atoms with Crippen LogP contribution in [0.1, 0.15) is 13.8 Å². The van der Waals surface area contributed by atoms with Crippen LogP contribution in [0.15, 0.2) is 30.5 Å². The van der Waals surface area contributed by atoms with E-state index in [0.29, 0.717) is 0 Å². The highest BCUT2D eigenvalue weighted by Crippen LogP contribution is 2.31. The molecule has 25 heavy (non-hydrogen) atoms. The minimum absolute atomic E-state index is 0.0651. The largest absolute Gasteiger partial charge is 0.462 e. The topological polar surface area (TPSA) is 112 Å². The van der Waals surface area contributed by atoms with Gasteiger partial charge in [-0.1, -0.05) is 0 Å². The Morgan fingerprint density at radius 1 is 1.32 bits per heavy atom. The summed E-state index contributed by atoms with van der Waals surface area (Å²) in [5.74, 6) is -0.503. The number of amides is 1. The third-order valence-electron chi connectivity index (χ3n) is 3.15. The zero-order valence-corrected chi connectivity index (χ0v) is 14.0. The maximum atomic E-state index is 12.1. The van der Waals surface area contributed by atoms with E-state index in [4.69, 9.17) is 9.47 Å². The molecule has 0 fully saturated rings. The van der Waals surface area contributed by atoms with Crippen molar-refractivity contribution < 1.29 is 24.0 Å². The number of carbonyl (C=O) groups is 2. The Morgan fingerprint density at radius 2 is 2.04 bits per heavy atom. The number of hydrogen-bond donors (Lipinski definition) is 0. The molecule has 0 aliphatic carbocycles. The molecule has 9 nitrogen and oxygen atoms in total. The van der Waals surface area contributed by atoms with Crippen molar-refractivity contribution in [3.05, 3.63) is 40.6 Å². The first-order chi connectivity index (χ1) is 11.8. The number of non-ortho nitro benzene ring substituents is 1. The van der Waals surface area contributed by atoms with Crippen molar-refractivity contribution in [2.45, 2.75) is 20.0 Å². The molecule has 0 atom stereocenters. The van der Waals surface area contributed by atoms with Gasteiger partial charge >= 0.3 is 12.1 Å². The third kappa shape index (κ3) is 4.40. The number of ether oxygens (including phenoxy) is 2. The number of nitro groups is 1. The predicted octanol–water partition coefficient (Wildman–Crippen LogP) is 2.53. The maximum absolute atomic E-state index is 12.1. The van der Waals surface area contributed by atoms with Crippen LogP contribution >= 0.6 is 0 Å². The molecule has 0 N–H and O–H groups in total. The number of nitrogens with zero attached hydrogens (tertiary/aromatic N) is 3. The zero-order valence-electron chi connectivity index (χ0n) is 14.0. The molecule has 1 amide bonds. The van der Waals surface area contributed by atoms with Crippen molar-refractivity contribution in [2.75, 3.05) is 13.6 Å². The number of fused-ring (bicyclic) bond motifs is 1. The summed E-state index contributed by atoms with van der Waals surface area (Å²) >= 11 is 0. The van der Waals surface area contributed by atoms with Gasteiger partial charge in [0.2, 0.25) is 0 Å². The molecule has 2 aromatic rings. The Balaban J connectivity index is 2.20. The molecular formula is C16H17N3O6. The van der Waals surface area contributed by atoms with E-state index in [2.05, 4.69) is 4.98 Å². The van der Waals surface area contributed by atoms with Crippen LogP contribution in [0.2, 0.25) is 0 Å². The summed E-state index contributed by atoms with van der Waals surface area (Å²) in [5, 5.41) is 11.3. The van der Waals surface area contributed by atoms with E-state index in [1.54, 1.807) is 19.9 Å². The SMILES string of the molecule is CC(C)OC(=O)CN(C)C(=O)Oc1ccc([N+](=O)[O-])c2cccnc12. The van der Waals surface area contributed by atoms with Crippen molar-refractivity contribution in [3.63, 3.8) is 0 Å². The number of esters is 1. The molecule has 0 aliphatic rings. The fourth-order valence-electron chi connectivity index (χ4n) is 2.10. The Hall–Kier alpha value is -3.23. The molecule has 1 heterocycles. The van der Waals surface area contributed by atoms with E-state index in [1.807, 2.05) is 0 Å². The Labute approximate surface area is 143 Å². The lowest BCUT2D eigenvalue weighted by molar-refractivity contribution is -0.383. The molecule has 9 heteroatoms. The molecule has 0 bridgehead atoms. The van der Waals surface area contributed by atoms with E-state index in [1.165, 1.54) is 31.4 Å². The lowest BCUT2D eigenvalue weighted by Gasteiger charge is -2.17. The Bertz CT molecular complexity index is 821. The van der Waals surface area contributed by atoms with Crippen LogP contribution in [0.4, 0.5) is 10.5 Å². The van der Waals surface area contributed by atoms with E-state index in [0.717, 1.165) is 4.90 Å². The summed E-state index contributed by atoms with van der Waals surface area (Å²) in [6, 6.07) is 5.60. The van der Waals surface area contributed by atoms with Gasteiger partial charge in [-0.25, -0.2) is 4.79 Å². The van der Waals surface area contributed by atoms with E-state index >= 15 is 0 Å². The summed E-state index contributed by atoms with van der Waals surface area (Å²) in [5.41, 5.74) is 0.0416. The average molecular weight is 347 g/mol. The number of pyridine rings is 1. The standard InChI is InChI=1S/C16H17N3O6/c1-10(2)24-14(20)9-18(3)16(21)25-13-7-6-12(19(22)23)11-5-4-8-17-15(11)13/h4-8,10H,9H2,1-3H3. The highest BCUT2D eigenvalue weighted by atomic mass is 16.6. The first-order valence-electron chi connectivity index (χ1n) is 7.44. The Kier molecular flexibility index (Phi) is 5.48. The number of hydrogen-bond acceptors (Lipinski definition) is 7. The number of likely N-dealkylation sites (N-methyl/N-ethyl adjacent to an activating group) is 1. The van der Waals surface area contributed by atoms with Crippen molar-refractivity contribution in [2.24, 2.45) is 0 Å². The summed E-state index contributed by atoms with van der Waals surface area (Å²) in [6.07, 6.45) is 0.342. The van der Waals surface area contributed by atoms with Gasteiger partial charge in [0.25, 0.3) is 5.69 Å². The van der Waals surface area contributed by atoms with Crippen molar-refractivity contribution in [1.29, 1.82) is 0 Å². The van der Waals surface area contributed by atoms with Gasteiger partial charge in [-0.2, -0.15) is 0 Å². The van der Waals surface area contributed by atoms with Crippen LogP contribution in [0.25, 0.3) is 10.9 Å². The van der Waals surface area contributed by atoms with Gasteiger partial charge in [-0.3, -0.25) is 24.8 Å². The summed E-state index contributed by atoms with van der Waals surface area (Å²) in [4.78, 5) is 39.4. The first-order valence-corrected chi connectivity index (χ1v) is 7.44. The zero-order chi connectivity index (χ0) is 18.6. The molecule has 132 valence electrons. The van der Waals surface area contributed by atoms with Gasteiger partial charge in [-0.15, -0.1) is 0 Å². The monoisotopic (exact) mass is 347 g/mol. The van der Waals surface area contributed by atoms with Crippen LogP contribution in [-0.2, 0) is 9.53 Å². The smallest absolute Gasteiger partial charge is 0.415 e. The van der Waals surface area contributed by atoms with Gasteiger partial charge in [0, 0.05) is 19.3 Å². The molecule has 2 rings (SSSR count). The van der Waals surface area contributed by atoms with Gasteiger partial charge in [0.05, 0.1) is 16.4 Å². The second kappa shape index (κ2) is 7.56. The number of benzene rings is 1. The average Bonchev–Trinajstić information content (AvgIpc) is 2.53. The highest BCUT2D eigenvalue weighted by Gasteiger charge is 2.20. The third-order valence-corrected chi connectivity index (χ3v) is 3.15. The fraction of sp³-hybridized carbons (Fsp3) is 0.312. The minimum Gasteiger partial charge on any atom is -0.462 e. The molecule has 1 aromatic carbocycles. The quantitative estimate of drug-likeness (QED) is 0.464. The van der Waals surface area contributed by atoms with Crippen molar-refractivity contribution in [3.8, 4) is 5.75 Å². The summed E-state index contributed by atoms with van der Waals surface area (Å²) in [6.45, 7) is 3.12. The molecule has 0 aliphatic heterocycles. The molecule has 0 saturated carbocycles. The van der Waals surface area contributed by atoms with Gasteiger partial charge in [0.1, 0.15) is 12.1 Å². The van der Waals surface area contributed by atoms with Gasteiger partial charge in [-0.05, 0) is 32.0 Å². The van der Waals surface area contributed by atoms with E-state index < -0.39 is 17.0 Å². The van der Waals surface area contributed by atoms with Crippen molar-refractivity contribution >= 4 is 28.7 Å². The highest BCUT2D eigenvalue weighted by molar-refractivity contribution is 5.93. The number of nitro benzene ring substituents is 1. The van der Waals surface area contributed by atoms with Crippen LogP contribution in [0.5, 0.6) is 5.75 Å². The number of carbonyl (C=O) groups excluding carboxylic acids is 2. The first kappa shape index (κ1) is 18.1. The lowest BCUT2D eigenvalue weighted by atomic mass is 10.1. The molecule has 0 spiro atoms. The van der Waals surface area contributed by atoms with E-state index in [9.17, 15) is 19.7 Å². The molecule has 0 unspecified atom stereocenters. The Morgan fingerprint density at radius 3 is 2.68 bits per heavy atom. The van der Waals surface area contributed by atoms with Gasteiger partial charge < -0.3 is 9.47 Å². The molecule has 0 saturated heterocycles. The summed E-state index contributed by atoms with van der Waals surface area (Å²) in [7, 11) is 1.38. The normalized spacial score (nSPS) is 10.6. The van der Waals surface area contributed by atoms with Crippen LogP contribution in [0.3, 0.4) is 0 Å².